The summed E-state index contributed by atoms with van der Waals surface area (Å²) in [7, 11) is 8.24. The van der Waals surface area contributed by atoms with E-state index in [1.165, 1.54) is 11.1 Å². The van der Waals surface area contributed by atoms with Gasteiger partial charge in [0.2, 0.25) is 0 Å². The van der Waals surface area contributed by atoms with Gasteiger partial charge in [0.1, 0.15) is 17.4 Å². The molecule has 39 heavy (non-hydrogen) atoms. The number of aromatic nitrogens is 1. The van der Waals surface area contributed by atoms with Gasteiger partial charge in [-0.3, -0.25) is 10.2 Å². The van der Waals surface area contributed by atoms with Crippen molar-refractivity contribution in [3.63, 3.8) is 0 Å². The number of nitrogens with two attached hydrogens (primary N) is 1. The molecular formula is C30H44N8O. The molecule has 210 valence electrons. The van der Waals surface area contributed by atoms with Crippen LogP contribution in [0.25, 0.3) is 11.1 Å². The van der Waals surface area contributed by atoms with Crippen molar-refractivity contribution in [1.82, 2.24) is 29.1 Å². The molecule has 3 aliphatic rings. The van der Waals surface area contributed by atoms with E-state index in [1.54, 1.807) is 0 Å². The maximum atomic E-state index is 13.3. The number of likely N-dealkylation sites (N-methyl/N-ethyl adjacent to an activating group) is 2. The van der Waals surface area contributed by atoms with Crippen LogP contribution in [0.4, 0.5) is 0 Å². The van der Waals surface area contributed by atoms with E-state index < -0.39 is 0 Å². The third kappa shape index (κ3) is 5.70. The molecule has 0 spiro atoms. The van der Waals surface area contributed by atoms with Crippen molar-refractivity contribution in [3.8, 4) is 11.1 Å². The number of hydrogen-bond acceptors (Lipinski definition) is 6. The van der Waals surface area contributed by atoms with E-state index >= 15 is 0 Å². The number of likely N-dealkylation sites (tertiary alicyclic amines) is 1. The lowest BCUT2D eigenvalue weighted by molar-refractivity contribution is 0.0773. The van der Waals surface area contributed by atoms with Crippen LogP contribution in [-0.2, 0) is 20.0 Å². The molecule has 0 bridgehead atoms. The van der Waals surface area contributed by atoms with E-state index in [1.807, 2.05) is 28.7 Å². The van der Waals surface area contributed by atoms with Crippen molar-refractivity contribution in [2.45, 2.75) is 38.4 Å². The van der Waals surface area contributed by atoms with Crippen LogP contribution in [0.1, 0.15) is 35.0 Å². The molecule has 2 saturated heterocycles. The highest BCUT2D eigenvalue weighted by Crippen LogP contribution is 2.30. The molecule has 5 rings (SSSR count). The van der Waals surface area contributed by atoms with E-state index in [4.69, 9.17) is 11.1 Å². The molecule has 0 saturated carbocycles. The zero-order valence-corrected chi connectivity index (χ0v) is 24.2. The Morgan fingerprint density at radius 2 is 1.77 bits per heavy atom. The summed E-state index contributed by atoms with van der Waals surface area (Å²) >= 11 is 0. The van der Waals surface area contributed by atoms with E-state index in [2.05, 4.69) is 72.1 Å². The molecule has 0 aliphatic carbocycles. The molecule has 1 aromatic carbocycles. The molecule has 2 atom stereocenters. The van der Waals surface area contributed by atoms with Crippen molar-refractivity contribution in [3.05, 3.63) is 59.2 Å². The van der Waals surface area contributed by atoms with Crippen molar-refractivity contribution in [1.29, 1.82) is 5.41 Å². The van der Waals surface area contributed by atoms with Crippen molar-refractivity contribution in [2.75, 3.05) is 60.4 Å². The van der Waals surface area contributed by atoms with Gasteiger partial charge >= 0.3 is 0 Å². The SMILES string of the molecule is CC1Cc2ccc(-c3cc(C(=O)N4CCC(N(C)C)C4)n(C)c3)cc2CN1C(=N)/C=C(\N)N1CCN(C)CC1. The maximum Gasteiger partial charge on any atom is 0.270 e. The molecular weight excluding hydrogens is 488 g/mol. The fraction of sp³-hybridized carbons (Fsp3) is 0.533. The summed E-state index contributed by atoms with van der Waals surface area (Å²) in [5.74, 6) is 1.24. The van der Waals surface area contributed by atoms with E-state index in [9.17, 15) is 4.79 Å². The highest BCUT2D eigenvalue weighted by molar-refractivity contribution is 5.94. The number of fused-ring (bicyclic) bond motifs is 1. The Hall–Kier alpha value is -3.30. The van der Waals surface area contributed by atoms with Gasteiger partial charge in [-0.1, -0.05) is 12.1 Å². The van der Waals surface area contributed by atoms with E-state index in [0.29, 0.717) is 24.2 Å². The molecule has 2 unspecified atom stereocenters. The number of amides is 1. The molecule has 0 radical (unpaired) electrons. The first-order chi connectivity index (χ1) is 18.6. The molecule has 3 N–H and O–H groups in total. The van der Waals surface area contributed by atoms with Gasteiger partial charge in [-0.05, 0) is 69.7 Å². The van der Waals surface area contributed by atoms with Crippen LogP contribution >= 0.6 is 0 Å². The number of piperazine rings is 1. The second-order valence-electron chi connectivity index (χ2n) is 11.8. The van der Waals surface area contributed by atoms with E-state index in [0.717, 1.165) is 68.9 Å². The minimum atomic E-state index is 0.101. The van der Waals surface area contributed by atoms with Crippen LogP contribution in [0.5, 0.6) is 0 Å². The van der Waals surface area contributed by atoms with Gasteiger partial charge < -0.3 is 34.8 Å². The van der Waals surface area contributed by atoms with Crippen LogP contribution in [0.3, 0.4) is 0 Å². The summed E-state index contributed by atoms with van der Waals surface area (Å²) in [6.45, 7) is 8.19. The Kier molecular flexibility index (Phi) is 7.73. The Labute approximate surface area is 232 Å². The predicted octanol–water partition coefficient (Wildman–Crippen LogP) is 2.24. The first kappa shape index (κ1) is 27.3. The standard InChI is InChI=1S/C30H44N8O/c1-21-14-22-6-7-23(25-16-27(35(5)18-25)30(39)37-9-8-26(20-37)33(2)3)15-24(22)19-38(21)29(32)17-28(31)36-12-10-34(4)11-13-36/h6-7,15-18,21,26,32H,8-14,19-20,31H2,1-5H3/b28-17+,32-29?. The molecule has 9 heteroatoms. The number of amidine groups is 1. The highest BCUT2D eigenvalue weighted by atomic mass is 16.2. The van der Waals surface area contributed by atoms with Gasteiger partial charge in [0.15, 0.2) is 0 Å². The normalized spacial score (nSPS) is 22.5. The number of carbonyl (C=O) groups is 1. The lowest BCUT2D eigenvalue weighted by atomic mass is 9.92. The number of benzene rings is 1. The average molecular weight is 533 g/mol. The second-order valence-corrected chi connectivity index (χ2v) is 11.8. The van der Waals surface area contributed by atoms with Gasteiger partial charge in [-0.2, -0.15) is 0 Å². The Morgan fingerprint density at radius 1 is 1.03 bits per heavy atom. The highest BCUT2D eigenvalue weighted by Gasteiger charge is 2.30. The molecule has 2 aromatic rings. The van der Waals surface area contributed by atoms with Gasteiger partial charge in [-0.15, -0.1) is 0 Å². The topological polar surface area (TPSA) is 88.1 Å². The van der Waals surface area contributed by atoms with Crippen molar-refractivity contribution < 1.29 is 4.79 Å². The minimum absolute atomic E-state index is 0.101. The maximum absolute atomic E-state index is 13.3. The summed E-state index contributed by atoms with van der Waals surface area (Å²) in [6, 6.07) is 9.28. The first-order valence-electron chi connectivity index (χ1n) is 14.1. The number of hydrogen-bond donors (Lipinski definition) is 2. The zero-order chi connectivity index (χ0) is 27.8. The predicted molar refractivity (Wildman–Crippen MR) is 157 cm³/mol. The molecule has 1 amide bonds. The third-order valence-electron chi connectivity index (χ3n) is 8.80. The molecule has 3 aliphatic heterocycles. The summed E-state index contributed by atoms with van der Waals surface area (Å²) in [5.41, 5.74) is 11.8. The Balaban J connectivity index is 1.31. The van der Waals surface area contributed by atoms with Crippen molar-refractivity contribution in [2.24, 2.45) is 12.8 Å². The molecule has 4 heterocycles. The third-order valence-corrected chi connectivity index (χ3v) is 8.80. The molecule has 2 fully saturated rings. The zero-order valence-electron chi connectivity index (χ0n) is 24.2. The fourth-order valence-corrected chi connectivity index (χ4v) is 6.07. The van der Waals surface area contributed by atoms with Crippen LogP contribution in [-0.4, -0.2) is 113 Å². The molecule has 1 aromatic heterocycles. The monoisotopic (exact) mass is 532 g/mol. The van der Waals surface area contributed by atoms with Crippen LogP contribution in [0.15, 0.2) is 42.4 Å². The average Bonchev–Trinajstić information content (AvgIpc) is 3.55. The second kappa shape index (κ2) is 11.1. The van der Waals surface area contributed by atoms with Crippen LogP contribution in [0.2, 0.25) is 0 Å². The summed E-state index contributed by atoms with van der Waals surface area (Å²) in [6.07, 6.45) is 5.78. The van der Waals surface area contributed by atoms with Gasteiger partial charge in [0, 0.05) is 82.8 Å². The largest absolute Gasteiger partial charge is 0.385 e. The number of nitrogens with one attached hydrogen (secondary N) is 1. The first-order valence-corrected chi connectivity index (χ1v) is 14.1. The summed E-state index contributed by atoms with van der Waals surface area (Å²) in [4.78, 5) is 24.1. The smallest absolute Gasteiger partial charge is 0.270 e. The van der Waals surface area contributed by atoms with Crippen molar-refractivity contribution >= 4 is 11.7 Å². The fourth-order valence-electron chi connectivity index (χ4n) is 6.07. The van der Waals surface area contributed by atoms with Gasteiger partial charge in [0.25, 0.3) is 5.91 Å². The minimum Gasteiger partial charge on any atom is -0.385 e. The Morgan fingerprint density at radius 3 is 2.46 bits per heavy atom. The van der Waals surface area contributed by atoms with Gasteiger partial charge in [0.05, 0.1) is 0 Å². The number of nitrogens with zero attached hydrogens (tertiary/aromatic N) is 6. The lowest BCUT2D eigenvalue weighted by Gasteiger charge is -2.37. The Bertz CT molecular complexity index is 1260. The molecule has 9 nitrogen and oxygen atoms in total. The number of carbonyl (C=O) groups excluding carboxylic acids is 1. The lowest BCUT2D eigenvalue weighted by Crippen LogP contribution is -2.46. The number of rotatable bonds is 5. The van der Waals surface area contributed by atoms with Gasteiger partial charge in [-0.25, -0.2) is 0 Å². The van der Waals surface area contributed by atoms with Crippen LogP contribution < -0.4 is 5.73 Å². The summed E-state index contributed by atoms with van der Waals surface area (Å²) < 4.78 is 1.95. The van der Waals surface area contributed by atoms with E-state index in [-0.39, 0.29) is 11.9 Å². The number of aryl methyl sites for hydroxylation is 1. The quantitative estimate of drug-likeness (QED) is 0.454. The van der Waals surface area contributed by atoms with Crippen LogP contribution in [0, 0.1) is 5.41 Å². The summed E-state index contributed by atoms with van der Waals surface area (Å²) in [5, 5.41) is 8.85.